The summed E-state index contributed by atoms with van der Waals surface area (Å²) in [5.41, 5.74) is 1.17. The van der Waals surface area contributed by atoms with Crippen molar-refractivity contribution in [1.29, 1.82) is 0 Å². The van der Waals surface area contributed by atoms with Crippen molar-refractivity contribution in [3.8, 4) is 0 Å². The molecule has 0 atom stereocenters. The fraction of sp³-hybridized carbons (Fsp3) is 0.250. The monoisotopic (exact) mass is 192 g/mol. The lowest BCUT2D eigenvalue weighted by Gasteiger charge is -1.96. The minimum atomic E-state index is -0.239. The highest BCUT2D eigenvalue weighted by atomic mass is 16.3. The summed E-state index contributed by atoms with van der Waals surface area (Å²) in [6.07, 6.45) is 3.18. The van der Waals surface area contributed by atoms with E-state index in [0.29, 0.717) is 5.52 Å². The van der Waals surface area contributed by atoms with E-state index in [1.54, 1.807) is 18.5 Å². The first-order valence-electron chi connectivity index (χ1n) is 4.14. The quantitative estimate of drug-likeness (QED) is 0.718. The van der Waals surface area contributed by atoms with Crippen molar-refractivity contribution in [1.82, 2.24) is 14.5 Å². The molecular weight excluding hydrogens is 184 g/mol. The average molecular weight is 192 g/mol. The average Bonchev–Trinajstić information content (AvgIpc) is 2.51. The zero-order valence-electron chi connectivity index (χ0n) is 7.30. The maximum Gasteiger partial charge on any atom is 0.326 e. The first kappa shape index (κ1) is 8.61. The molecule has 2 aromatic rings. The van der Waals surface area contributed by atoms with Crippen LogP contribution in [0.4, 0.5) is 0 Å². The smallest absolute Gasteiger partial charge is 0.305 e. The molecule has 0 radical (unpaired) electrons. The number of nitroso groups, excluding NO2 is 1. The fourth-order valence-electron chi connectivity index (χ4n) is 1.36. The number of rotatable bonds is 3. The van der Waals surface area contributed by atoms with E-state index in [9.17, 15) is 9.70 Å². The molecule has 0 fully saturated rings. The number of H-pyrrole nitrogens is 1. The third-order valence-corrected chi connectivity index (χ3v) is 1.99. The second-order valence-corrected chi connectivity index (χ2v) is 2.83. The Hall–Kier alpha value is -1.98. The van der Waals surface area contributed by atoms with E-state index in [0.717, 1.165) is 5.52 Å². The van der Waals surface area contributed by atoms with Crippen molar-refractivity contribution in [2.75, 3.05) is 6.54 Å². The molecule has 2 heterocycles. The van der Waals surface area contributed by atoms with Gasteiger partial charge < -0.3 is 4.98 Å². The van der Waals surface area contributed by atoms with Crippen molar-refractivity contribution in [3.05, 3.63) is 33.9 Å². The van der Waals surface area contributed by atoms with E-state index in [4.69, 9.17) is 0 Å². The minimum Gasteiger partial charge on any atom is -0.305 e. The Labute approximate surface area is 78.6 Å². The largest absolute Gasteiger partial charge is 0.326 e. The van der Waals surface area contributed by atoms with Crippen molar-refractivity contribution in [3.63, 3.8) is 0 Å². The van der Waals surface area contributed by atoms with Gasteiger partial charge in [0.15, 0.2) is 0 Å². The molecule has 72 valence electrons. The van der Waals surface area contributed by atoms with Gasteiger partial charge in [-0.3, -0.25) is 9.55 Å². The van der Waals surface area contributed by atoms with Gasteiger partial charge in [0.25, 0.3) is 0 Å². The molecule has 0 spiro atoms. The number of pyridine rings is 1. The lowest BCUT2D eigenvalue weighted by atomic mass is 10.4. The summed E-state index contributed by atoms with van der Waals surface area (Å²) in [5, 5.41) is 2.71. The summed E-state index contributed by atoms with van der Waals surface area (Å²) in [5.74, 6) is 0. The van der Waals surface area contributed by atoms with Crippen LogP contribution in [-0.4, -0.2) is 21.1 Å². The lowest BCUT2D eigenvalue weighted by Crippen LogP contribution is -2.17. The zero-order valence-corrected chi connectivity index (χ0v) is 7.30. The predicted molar refractivity (Wildman–Crippen MR) is 51.0 cm³/mol. The molecule has 14 heavy (non-hydrogen) atoms. The second-order valence-electron chi connectivity index (χ2n) is 2.83. The fourth-order valence-corrected chi connectivity index (χ4v) is 1.36. The van der Waals surface area contributed by atoms with Gasteiger partial charge in [-0.2, -0.15) is 4.91 Å². The van der Waals surface area contributed by atoms with Crippen LogP contribution in [0.3, 0.4) is 0 Å². The summed E-state index contributed by atoms with van der Waals surface area (Å²) >= 11 is 0. The Morgan fingerprint density at radius 3 is 3.21 bits per heavy atom. The zero-order chi connectivity index (χ0) is 9.97. The van der Waals surface area contributed by atoms with E-state index in [-0.39, 0.29) is 18.8 Å². The molecule has 6 nitrogen and oxygen atoms in total. The SMILES string of the molecule is O=NCCn1c(=O)[nH]c2ccncc21. The molecule has 0 unspecified atom stereocenters. The van der Waals surface area contributed by atoms with E-state index in [1.165, 1.54) is 4.57 Å². The molecule has 2 aromatic heterocycles. The van der Waals surface area contributed by atoms with Gasteiger partial charge in [0.05, 0.1) is 30.3 Å². The summed E-state index contributed by atoms with van der Waals surface area (Å²) in [7, 11) is 0. The standard InChI is InChI=1S/C8H8N4O2/c13-8-11-6-1-2-9-5-7(6)12(8)4-3-10-14/h1-2,5H,3-4H2,(H,11,13). The highest BCUT2D eigenvalue weighted by molar-refractivity contribution is 5.73. The highest BCUT2D eigenvalue weighted by Gasteiger charge is 2.04. The van der Waals surface area contributed by atoms with Gasteiger partial charge in [-0.15, -0.1) is 0 Å². The number of hydrogen-bond acceptors (Lipinski definition) is 4. The number of hydrogen-bond donors (Lipinski definition) is 1. The van der Waals surface area contributed by atoms with E-state index in [2.05, 4.69) is 15.1 Å². The second kappa shape index (κ2) is 3.41. The van der Waals surface area contributed by atoms with Gasteiger partial charge in [-0.1, -0.05) is 5.18 Å². The number of imidazole rings is 1. The third kappa shape index (κ3) is 1.30. The summed E-state index contributed by atoms with van der Waals surface area (Å²) < 4.78 is 1.45. The third-order valence-electron chi connectivity index (χ3n) is 1.99. The van der Waals surface area contributed by atoms with Crippen molar-refractivity contribution in [2.45, 2.75) is 6.54 Å². The van der Waals surface area contributed by atoms with Crippen LogP contribution in [0.25, 0.3) is 11.0 Å². The summed E-state index contributed by atoms with van der Waals surface area (Å²) in [6, 6.07) is 1.71. The molecule has 0 saturated heterocycles. The molecule has 0 aliphatic rings. The van der Waals surface area contributed by atoms with Crippen LogP contribution in [0.15, 0.2) is 28.4 Å². The molecule has 6 heteroatoms. The Bertz CT molecular complexity index is 513. The molecule has 0 aliphatic carbocycles. The maximum absolute atomic E-state index is 11.4. The van der Waals surface area contributed by atoms with Gasteiger partial charge in [0.1, 0.15) is 0 Å². The maximum atomic E-state index is 11.4. The molecule has 0 aromatic carbocycles. The Balaban J connectivity index is 2.56. The van der Waals surface area contributed by atoms with Gasteiger partial charge in [-0.25, -0.2) is 4.79 Å². The van der Waals surface area contributed by atoms with Crippen LogP contribution >= 0.6 is 0 Å². The van der Waals surface area contributed by atoms with Gasteiger partial charge in [-0.05, 0) is 6.07 Å². The Morgan fingerprint density at radius 2 is 2.43 bits per heavy atom. The van der Waals surface area contributed by atoms with Crippen LogP contribution < -0.4 is 5.69 Å². The summed E-state index contributed by atoms with van der Waals surface area (Å²) in [6.45, 7) is 0.371. The number of fused-ring (bicyclic) bond motifs is 1. The Morgan fingerprint density at radius 1 is 1.57 bits per heavy atom. The first-order chi connectivity index (χ1) is 6.83. The van der Waals surface area contributed by atoms with Crippen LogP contribution in [0.2, 0.25) is 0 Å². The molecule has 2 rings (SSSR count). The molecule has 0 aliphatic heterocycles. The van der Waals surface area contributed by atoms with Crippen LogP contribution in [-0.2, 0) is 6.54 Å². The van der Waals surface area contributed by atoms with Crippen LogP contribution in [0, 0.1) is 4.91 Å². The number of aromatic nitrogens is 3. The molecule has 0 bridgehead atoms. The van der Waals surface area contributed by atoms with Crippen molar-refractivity contribution >= 4 is 11.0 Å². The number of nitrogens with one attached hydrogen (secondary N) is 1. The number of aromatic amines is 1. The van der Waals surface area contributed by atoms with Crippen molar-refractivity contribution < 1.29 is 0 Å². The van der Waals surface area contributed by atoms with E-state index >= 15 is 0 Å². The highest BCUT2D eigenvalue weighted by Crippen LogP contribution is 2.06. The molecule has 0 saturated carbocycles. The lowest BCUT2D eigenvalue weighted by molar-refractivity contribution is 0.701. The van der Waals surface area contributed by atoms with Crippen LogP contribution in [0.5, 0.6) is 0 Å². The van der Waals surface area contributed by atoms with E-state index in [1.807, 2.05) is 0 Å². The first-order valence-corrected chi connectivity index (χ1v) is 4.14. The topological polar surface area (TPSA) is 80.1 Å². The number of nitrogens with zero attached hydrogens (tertiary/aromatic N) is 3. The van der Waals surface area contributed by atoms with Crippen LogP contribution in [0.1, 0.15) is 0 Å². The van der Waals surface area contributed by atoms with Gasteiger partial charge in [0, 0.05) is 6.20 Å². The molecule has 1 N–H and O–H groups in total. The Kier molecular flexibility index (Phi) is 2.10. The summed E-state index contributed by atoms with van der Waals surface area (Å²) in [4.78, 5) is 27.9. The van der Waals surface area contributed by atoms with Gasteiger partial charge in [0.2, 0.25) is 0 Å². The molecular formula is C8H8N4O2. The van der Waals surface area contributed by atoms with Gasteiger partial charge >= 0.3 is 5.69 Å². The minimum absolute atomic E-state index is 0.0851. The van der Waals surface area contributed by atoms with E-state index < -0.39 is 0 Å². The predicted octanol–water partition coefficient (Wildman–Crippen LogP) is 0.491. The molecule has 0 amide bonds. The van der Waals surface area contributed by atoms with Crippen molar-refractivity contribution in [2.24, 2.45) is 5.18 Å². The normalized spacial score (nSPS) is 10.6.